The smallest absolute Gasteiger partial charge is 0.269 e. The van der Waals surface area contributed by atoms with Crippen LogP contribution in [0.1, 0.15) is 18.5 Å². The highest BCUT2D eigenvalue weighted by atomic mass is 16.6. The highest BCUT2D eigenvalue weighted by Gasteiger charge is 2.13. The van der Waals surface area contributed by atoms with E-state index in [2.05, 4.69) is 16.5 Å². The molecule has 6 heteroatoms. The van der Waals surface area contributed by atoms with Crippen molar-refractivity contribution < 1.29 is 9.34 Å². The first-order chi connectivity index (χ1) is 9.55. The summed E-state index contributed by atoms with van der Waals surface area (Å²) in [6.45, 7) is 7.02. The molecule has 0 saturated heterocycles. The number of rotatable bonds is 4. The van der Waals surface area contributed by atoms with Gasteiger partial charge in [-0.15, -0.1) is 0 Å². The van der Waals surface area contributed by atoms with Crippen molar-refractivity contribution >= 4 is 16.8 Å². The summed E-state index contributed by atoms with van der Waals surface area (Å²) in [7, 11) is 0. The molecule has 0 aliphatic rings. The predicted octanol–water partition coefficient (Wildman–Crippen LogP) is 3.28. The Hall–Kier alpha value is -2.76. The van der Waals surface area contributed by atoms with Crippen molar-refractivity contribution in [1.82, 2.24) is 9.97 Å². The van der Waals surface area contributed by atoms with E-state index in [1.165, 1.54) is 12.2 Å². The summed E-state index contributed by atoms with van der Waals surface area (Å²) in [6.07, 6.45) is 4.23. The van der Waals surface area contributed by atoms with Gasteiger partial charge in [0.05, 0.1) is 4.92 Å². The molecule has 0 aliphatic carbocycles. The molecule has 0 N–H and O–H groups in total. The van der Waals surface area contributed by atoms with Crippen molar-refractivity contribution in [2.45, 2.75) is 13.8 Å². The molecule has 6 nitrogen and oxygen atoms in total. The van der Waals surface area contributed by atoms with Crippen molar-refractivity contribution in [1.29, 1.82) is 0 Å². The van der Waals surface area contributed by atoms with Gasteiger partial charge in [-0.05, 0) is 26.0 Å². The first-order valence-electron chi connectivity index (χ1n) is 5.94. The summed E-state index contributed by atoms with van der Waals surface area (Å²) in [5.74, 6) is 0.293. The third-order valence-corrected chi connectivity index (χ3v) is 2.67. The third-order valence-electron chi connectivity index (χ3n) is 2.67. The zero-order chi connectivity index (χ0) is 14.7. The van der Waals surface area contributed by atoms with Crippen molar-refractivity contribution in [2.75, 3.05) is 0 Å². The first kappa shape index (κ1) is 13.7. The Labute approximate surface area is 115 Å². The SMILES string of the molecule is C=C/C(=C\C(=C/C)c1nc2nc(C)ccc2o1)[N+](=O)[O-]. The normalized spacial score (nSPS) is 12.7. The van der Waals surface area contributed by atoms with E-state index in [0.29, 0.717) is 22.7 Å². The van der Waals surface area contributed by atoms with Gasteiger partial charge in [0.2, 0.25) is 5.89 Å². The fourth-order valence-electron chi connectivity index (χ4n) is 1.65. The van der Waals surface area contributed by atoms with Crippen molar-refractivity contribution in [3.63, 3.8) is 0 Å². The van der Waals surface area contributed by atoms with E-state index in [-0.39, 0.29) is 5.70 Å². The average molecular weight is 271 g/mol. The topological polar surface area (TPSA) is 82.1 Å². The average Bonchev–Trinajstić information content (AvgIpc) is 2.82. The predicted molar refractivity (Wildman–Crippen MR) is 75.5 cm³/mol. The van der Waals surface area contributed by atoms with Gasteiger partial charge in [0.25, 0.3) is 5.70 Å². The molecule has 2 rings (SSSR count). The number of nitro groups is 1. The molecule has 2 aromatic heterocycles. The molecule has 0 amide bonds. The molecule has 0 fully saturated rings. The second kappa shape index (κ2) is 5.48. The number of oxazole rings is 1. The van der Waals surface area contributed by atoms with Gasteiger partial charge in [-0.3, -0.25) is 10.1 Å². The third kappa shape index (κ3) is 2.64. The lowest BCUT2D eigenvalue weighted by molar-refractivity contribution is -0.418. The first-order valence-corrected chi connectivity index (χ1v) is 5.94. The zero-order valence-electron chi connectivity index (χ0n) is 11.2. The number of aromatic nitrogens is 2. The van der Waals surface area contributed by atoms with Crippen molar-refractivity contribution in [3.8, 4) is 0 Å². The minimum atomic E-state index is -0.512. The second-order valence-electron chi connectivity index (χ2n) is 4.07. The van der Waals surface area contributed by atoms with Crippen LogP contribution in [0.3, 0.4) is 0 Å². The van der Waals surface area contributed by atoms with Gasteiger partial charge in [0.1, 0.15) is 0 Å². The van der Waals surface area contributed by atoms with Crippen LogP contribution < -0.4 is 0 Å². The standard InChI is InChI=1S/C14H13N3O3/c1-4-10(8-11(5-2)17(18)19)14-16-13-12(20-14)7-6-9(3)15-13/h4-8H,2H2,1,3H3/b10-4+,11-8+. The second-order valence-corrected chi connectivity index (χ2v) is 4.07. The highest BCUT2D eigenvalue weighted by Crippen LogP contribution is 2.22. The summed E-state index contributed by atoms with van der Waals surface area (Å²) >= 11 is 0. The Balaban J connectivity index is 2.50. The minimum Gasteiger partial charge on any atom is -0.434 e. The fourth-order valence-corrected chi connectivity index (χ4v) is 1.65. The van der Waals surface area contributed by atoms with Crippen LogP contribution in [0.4, 0.5) is 0 Å². The Bertz CT molecular complexity index is 741. The number of hydrogen-bond donors (Lipinski definition) is 0. The maximum absolute atomic E-state index is 10.8. The van der Waals surface area contributed by atoms with Gasteiger partial charge in [0.15, 0.2) is 11.2 Å². The largest absolute Gasteiger partial charge is 0.434 e. The van der Waals surface area contributed by atoms with Gasteiger partial charge in [0, 0.05) is 23.4 Å². The summed E-state index contributed by atoms with van der Waals surface area (Å²) in [5, 5.41) is 10.8. The van der Waals surface area contributed by atoms with Crippen LogP contribution in [0.5, 0.6) is 0 Å². The molecule has 0 saturated carbocycles. The van der Waals surface area contributed by atoms with Crippen LogP contribution in [0.15, 0.2) is 47.1 Å². The number of aryl methyl sites for hydroxylation is 1. The molecule has 0 unspecified atom stereocenters. The molecule has 2 aromatic rings. The maximum atomic E-state index is 10.8. The Morgan fingerprint density at radius 2 is 2.20 bits per heavy atom. The minimum absolute atomic E-state index is 0.121. The highest BCUT2D eigenvalue weighted by molar-refractivity contribution is 5.76. The lowest BCUT2D eigenvalue weighted by Crippen LogP contribution is -1.95. The number of hydrogen-bond acceptors (Lipinski definition) is 5. The fraction of sp³-hybridized carbons (Fsp3) is 0.143. The molecule has 0 spiro atoms. The van der Waals surface area contributed by atoms with Crippen molar-refractivity contribution in [2.24, 2.45) is 0 Å². The molecular formula is C14H13N3O3. The van der Waals surface area contributed by atoms with Crippen LogP contribution in [0, 0.1) is 17.0 Å². The van der Waals surface area contributed by atoms with E-state index in [9.17, 15) is 10.1 Å². The lowest BCUT2D eigenvalue weighted by atomic mass is 10.2. The maximum Gasteiger partial charge on any atom is 0.269 e. The van der Waals surface area contributed by atoms with E-state index in [1.807, 2.05) is 13.0 Å². The summed E-state index contributed by atoms with van der Waals surface area (Å²) in [5.41, 5.74) is 2.23. The Morgan fingerprint density at radius 3 is 2.80 bits per heavy atom. The lowest BCUT2D eigenvalue weighted by Gasteiger charge is -1.95. The summed E-state index contributed by atoms with van der Waals surface area (Å²) in [4.78, 5) is 18.8. The van der Waals surface area contributed by atoms with E-state index in [0.717, 1.165) is 5.69 Å². The van der Waals surface area contributed by atoms with Gasteiger partial charge in [-0.25, -0.2) is 4.98 Å². The van der Waals surface area contributed by atoms with Crippen LogP contribution >= 0.6 is 0 Å². The van der Waals surface area contributed by atoms with Gasteiger partial charge in [-0.1, -0.05) is 12.7 Å². The van der Waals surface area contributed by atoms with E-state index in [4.69, 9.17) is 4.42 Å². The molecule has 0 atom stereocenters. The van der Waals surface area contributed by atoms with Crippen LogP contribution in [-0.2, 0) is 0 Å². The molecule has 102 valence electrons. The quantitative estimate of drug-likeness (QED) is 0.484. The molecule has 20 heavy (non-hydrogen) atoms. The van der Waals surface area contributed by atoms with Gasteiger partial charge < -0.3 is 4.42 Å². The Morgan fingerprint density at radius 1 is 1.45 bits per heavy atom. The van der Waals surface area contributed by atoms with Crippen LogP contribution in [0.2, 0.25) is 0 Å². The molecule has 0 aromatic carbocycles. The van der Waals surface area contributed by atoms with Gasteiger partial charge >= 0.3 is 0 Å². The molecule has 0 aliphatic heterocycles. The molecule has 2 heterocycles. The summed E-state index contributed by atoms with van der Waals surface area (Å²) in [6, 6.07) is 3.59. The molecule has 0 bridgehead atoms. The van der Waals surface area contributed by atoms with E-state index < -0.39 is 4.92 Å². The monoisotopic (exact) mass is 271 g/mol. The van der Waals surface area contributed by atoms with E-state index >= 15 is 0 Å². The van der Waals surface area contributed by atoms with Crippen LogP contribution in [-0.4, -0.2) is 14.9 Å². The number of allylic oxidation sites excluding steroid dienone is 4. The number of fused-ring (bicyclic) bond motifs is 1. The van der Waals surface area contributed by atoms with Crippen LogP contribution in [0.25, 0.3) is 16.8 Å². The molecule has 0 radical (unpaired) electrons. The van der Waals surface area contributed by atoms with E-state index in [1.54, 1.807) is 19.1 Å². The summed E-state index contributed by atoms with van der Waals surface area (Å²) < 4.78 is 5.56. The number of pyridine rings is 1. The zero-order valence-corrected chi connectivity index (χ0v) is 11.2. The molecular weight excluding hydrogens is 258 g/mol. The number of nitrogens with zero attached hydrogens (tertiary/aromatic N) is 3. The Kier molecular flexibility index (Phi) is 3.74. The van der Waals surface area contributed by atoms with Gasteiger partial charge in [-0.2, -0.15) is 4.98 Å². The van der Waals surface area contributed by atoms with Crippen molar-refractivity contribution in [3.05, 3.63) is 64.3 Å².